The number of nitrogens with two attached hydrogens (primary N) is 1. The van der Waals surface area contributed by atoms with Gasteiger partial charge in [0.25, 0.3) is 5.69 Å². The van der Waals surface area contributed by atoms with Crippen LogP contribution < -0.4 is 5.73 Å². The Morgan fingerprint density at radius 1 is 1.08 bits per heavy atom. The lowest BCUT2D eigenvalue weighted by Gasteiger charge is -2.17. The molecular weight excluding hydrogens is 378 g/mol. The van der Waals surface area contributed by atoms with E-state index in [4.69, 9.17) is 5.73 Å². The van der Waals surface area contributed by atoms with E-state index in [1.165, 1.54) is 28.6 Å². The minimum absolute atomic E-state index is 0. The van der Waals surface area contributed by atoms with Crippen molar-refractivity contribution < 1.29 is 13.3 Å². The molecular formula is C17H20ClN3O4S. The fourth-order valence-corrected chi connectivity index (χ4v) is 4.99. The summed E-state index contributed by atoms with van der Waals surface area (Å²) in [6.07, 6.45) is 0. The first-order valence-corrected chi connectivity index (χ1v) is 9.37. The van der Waals surface area contributed by atoms with Crippen LogP contribution >= 0.6 is 12.4 Å². The Hall–Kier alpha value is -2.00. The van der Waals surface area contributed by atoms with Gasteiger partial charge in [0, 0.05) is 25.1 Å². The fourth-order valence-electron chi connectivity index (χ4n) is 3.31. The molecule has 1 heterocycles. The highest BCUT2D eigenvalue weighted by Crippen LogP contribution is 2.36. The molecule has 3 rings (SSSR count). The number of nitrogens with zero attached hydrogens (tertiary/aromatic N) is 2. The van der Waals surface area contributed by atoms with Gasteiger partial charge in [-0.3, -0.25) is 10.1 Å². The number of nitro groups is 1. The lowest BCUT2D eigenvalue weighted by atomic mass is 9.89. The molecule has 0 aromatic heterocycles. The van der Waals surface area contributed by atoms with Gasteiger partial charge in [-0.15, -0.1) is 12.4 Å². The molecule has 26 heavy (non-hydrogen) atoms. The van der Waals surface area contributed by atoms with Crippen molar-refractivity contribution in [2.24, 2.45) is 11.7 Å². The van der Waals surface area contributed by atoms with Gasteiger partial charge in [0.15, 0.2) is 4.90 Å². The van der Waals surface area contributed by atoms with Gasteiger partial charge in [0.05, 0.1) is 4.92 Å². The van der Waals surface area contributed by atoms with Gasteiger partial charge < -0.3 is 5.73 Å². The van der Waals surface area contributed by atoms with Gasteiger partial charge in [0.1, 0.15) is 0 Å². The quantitative estimate of drug-likeness (QED) is 0.615. The normalized spacial score (nSPS) is 20.5. The summed E-state index contributed by atoms with van der Waals surface area (Å²) in [5.41, 5.74) is 6.47. The van der Waals surface area contributed by atoms with Crippen molar-refractivity contribution >= 4 is 28.1 Å². The molecule has 0 unspecified atom stereocenters. The monoisotopic (exact) mass is 397 g/mol. The number of nitro benzene ring substituents is 1. The molecule has 9 heteroatoms. The lowest BCUT2D eigenvalue weighted by Crippen LogP contribution is -2.30. The fraction of sp³-hybridized carbons (Fsp3) is 0.294. The van der Waals surface area contributed by atoms with E-state index in [1.54, 1.807) is 0 Å². The largest absolute Gasteiger partial charge is 0.330 e. The Bertz CT molecular complexity index is 877. The van der Waals surface area contributed by atoms with Crippen LogP contribution in [0.4, 0.5) is 5.69 Å². The number of sulfonamides is 1. The summed E-state index contributed by atoms with van der Waals surface area (Å²) in [6.45, 7) is 0.868. The van der Waals surface area contributed by atoms with Crippen molar-refractivity contribution in [2.45, 2.75) is 10.8 Å². The number of benzene rings is 2. The Kier molecular flexibility index (Phi) is 6.35. The molecule has 1 aliphatic heterocycles. The summed E-state index contributed by atoms with van der Waals surface area (Å²) >= 11 is 0. The second-order valence-electron chi connectivity index (χ2n) is 6.06. The van der Waals surface area contributed by atoms with Gasteiger partial charge in [-0.2, -0.15) is 4.31 Å². The van der Waals surface area contributed by atoms with E-state index < -0.39 is 20.6 Å². The van der Waals surface area contributed by atoms with E-state index in [-0.39, 0.29) is 42.2 Å². The van der Waals surface area contributed by atoms with Crippen molar-refractivity contribution in [3.8, 4) is 0 Å². The molecule has 1 fully saturated rings. The molecule has 0 amide bonds. The molecule has 2 atom stereocenters. The predicted octanol–water partition coefficient (Wildman–Crippen LogP) is 2.38. The van der Waals surface area contributed by atoms with E-state index in [0.717, 1.165) is 5.56 Å². The molecule has 2 aromatic rings. The highest BCUT2D eigenvalue weighted by atomic mass is 35.5. The Balaban J connectivity index is 0.00000243. The Morgan fingerprint density at radius 3 is 2.31 bits per heavy atom. The zero-order chi connectivity index (χ0) is 18.0. The molecule has 140 valence electrons. The van der Waals surface area contributed by atoms with Crippen LogP contribution in [0.15, 0.2) is 59.5 Å². The second kappa shape index (κ2) is 8.13. The third kappa shape index (κ3) is 3.73. The number of para-hydroxylation sites is 1. The highest BCUT2D eigenvalue weighted by Gasteiger charge is 2.41. The van der Waals surface area contributed by atoms with Crippen molar-refractivity contribution in [3.63, 3.8) is 0 Å². The van der Waals surface area contributed by atoms with Crippen LogP contribution in [0.3, 0.4) is 0 Å². The zero-order valence-corrected chi connectivity index (χ0v) is 15.5. The van der Waals surface area contributed by atoms with Crippen LogP contribution in [0, 0.1) is 16.0 Å². The number of rotatable bonds is 5. The first-order valence-electron chi connectivity index (χ1n) is 7.93. The van der Waals surface area contributed by atoms with Gasteiger partial charge in [-0.05, 0) is 24.1 Å². The van der Waals surface area contributed by atoms with Gasteiger partial charge in [0.2, 0.25) is 10.0 Å². The third-order valence-corrected chi connectivity index (χ3v) is 6.50. The summed E-state index contributed by atoms with van der Waals surface area (Å²) < 4.78 is 27.3. The molecule has 1 saturated heterocycles. The summed E-state index contributed by atoms with van der Waals surface area (Å²) in [7, 11) is -3.96. The minimum Gasteiger partial charge on any atom is -0.330 e. The average molecular weight is 398 g/mol. The summed E-state index contributed by atoms with van der Waals surface area (Å²) in [6, 6.07) is 15.0. The smallest absolute Gasteiger partial charge is 0.289 e. The number of halogens is 1. The number of hydrogen-bond acceptors (Lipinski definition) is 5. The van der Waals surface area contributed by atoms with Crippen LogP contribution in [-0.4, -0.2) is 37.3 Å². The second-order valence-corrected chi connectivity index (χ2v) is 7.97. The standard InChI is InChI=1S/C17H19N3O4S.ClH/c18-10-14-11-19(12-15(14)13-6-2-1-3-7-13)25(23,24)17-9-5-4-8-16(17)20(21)22;/h1-9,14-15H,10-12,18H2;1H/t14-,15+;/m1./s1. The maximum Gasteiger partial charge on any atom is 0.289 e. The van der Waals surface area contributed by atoms with Gasteiger partial charge >= 0.3 is 0 Å². The molecule has 1 aliphatic rings. The van der Waals surface area contributed by atoms with E-state index >= 15 is 0 Å². The maximum absolute atomic E-state index is 13.0. The van der Waals surface area contributed by atoms with Crippen LogP contribution in [0.5, 0.6) is 0 Å². The lowest BCUT2D eigenvalue weighted by molar-refractivity contribution is -0.387. The van der Waals surface area contributed by atoms with Crippen molar-refractivity contribution in [1.82, 2.24) is 4.31 Å². The van der Waals surface area contributed by atoms with Crippen LogP contribution in [-0.2, 0) is 10.0 Å². The van der Waals surface area contributed by atoms with E-state index in [1.807, 2.05) is 30.3 Å². The molecule has 0 saturated carbocycles. The van der Waals surface area contributed by atoms with Crippen molar-refractivity contribution in [2.75, 3.05) is 19.6 Å². The Morgan fingerprint density at radius 2 is 1.69 bits per heavy atom. The molecule has 0 aliphatic carbocycles. The first kappa shape index (κ1) is 20.3. The van der Waals surface area contributed by atoms with E-state index in [2.05, 4.69) is 0 Å². The van der Waals surface area contributed by atoms with Gasteiger partial charge in [-0.25, -0.2) is 8.42 Å². The van der Waals surface area contributed by atoms with Gasteiger partial charge in [-0.1, -0.05) is 42.5 Å². The predicted molar refractivity (Wildman–Crippen MR) is 101 cm³/mol. The third-order valence-electron chi connectivity index (χ3n) is 4.62. The van der Waals surface area contributed by atoms with Crippen molar-refractivity contribution in [1.29, 1.82) is 0 Å². The first-order chi connectivity index (χ1) is 11.9. The molecule has 0 radical (unpaired) electrons. The van der Waals surface area contributed by atoms with E-state index in [0.29, 0.717) is 6.54 Å². The SMILES string of the molecule is Cl.NC[C@@H]1CN(S(=O)(=O)c2ccccc2[N+](=O)[O-])C[C@H]1c1ccccc1. The summed E-state index contributed by atoms with van der Waals surface area (Å²) in [5, 5.41) is 11.2. The summed E-state index contributed by atoms with van der Waals surface area (Å²) in [5.74, 6) is -0.0521. The van der Waals surface area contributed by atoms with Crippen LogP contribution in [0.25, 0.3) is 0 Å². The minimum atomic E-state index is -3.96. The van der Waals surface area contributed by atoms with Crippen LogP contribution in [0.2, 0.25) is 0 Å². The molecule has 2 N–H and O–H groups in total. The summed E-state index contributed by atoms with van der Waals surface area (Å²) in [4.78, 5) is 10.2. The highest BCUT2D eigenvalue weighted by molar-refractivity contribution is 7.89. The molecule has 0 spiro atoms. The topological polar surface area (TPSA) is 107 Å². The van der Waals surface area contributed by atoms with E-state index in [9.17, 15) is 18.5 Å². The average Bonchev–Trinajstić information content (AvgIpc) is 3.07. The maximum atomic E-state index is 13.0. The zero-order valence-electron chi connectivity index (χ0n) is 13.9. The molecule has 7 nitrogen and oxygen atoms in total. The van der Waals surface area contributed by atoms with Crippen LogP contribution in [0.1, 0.15) is 11.5 Å². The molecule has 2 aromatic carbocycles. The Labute approximate surface area is 158 Å². The number of hydrogen-bond donors (Lipinski definition) is 1. The molecule has 0 bridgehead atoms. The van der Waals surface area contributed by atoms with Crippen molar-refractivity contribution in [3.05, 3.63) is 70.3 Å².